The molecule has 0 aromatic carbocycles. The molecule has 1 fully saturated rings. The van der Waals surface area contributed by atoms with Gasteiger partial charge < -0.3 is 21.8 Å². The largest absolute Gasteiger partial charge is 0.396 e. The van der Waals surface area contributed by atoms with Gasteiger partial charge in [-0.05, 0) is 76.1 Å². The fourth-order valence-corrected chi connectivity index (χ4v) is 3.58. The first-order chi connectivity index (χ1) is 14.6. The Hall–Kier alpha value is -1.64. The molecule has 2 rings (SSSR count). The van der Waals surface area contributed by atoms with Crippen molar-refractivity contribution in [3.63, 3.8) is 0 Å². The molecule has 5 N–H and O–H groups in total. The van der Waals surface area contributed by atoms with Gasteiger partial charge in [-0.25, -0.2) is 0 Å². The lowest BCUT2D eigenvalue weighted by molar-refractivity contribution is -0.116. The van der Waals surface area contributed by atoms with E-state index in [0.717, 1.165) is 24.6 Å². The van der Waals surface area contributed by atoms with Gasteiger partial charge in [-0.15, -0.1) is 0 Å². The van der Waals surface area contributed by atoms with Gasteiger partial charge in [0, 0.05) is 31.7 Å². The molecule has 1 aromatic heterocycles. The van der Waals surface area contributed by atoms with Crippen molar-refractivity contribution >= 4 is 45.6 Å². The minimum Gasteiger partial charge on any atom is -0.396 e. The summed E-state index contributed by atoms with van der Waals surface area (Å²) in [6.07, 6.45) is 8.80. The van der Waals surface area contributed by atoms with Crippen LogP contribution in [0.1, 0.15) is 52.5 Å². The summed E-state index contributed by atoms with van der Waals surface area (Å²) < 4.78 is 0.148. The summed E-state index contributed by atoms with van der Waals surface area (Å²) in [7, 11) is 1.93. The fourth-order valence-electron chi connectivity index (χ4n) is 3.24. The Morgan fingerprint density at radius 1 is 1.35 bits per heavy atom. The maximum Gasteiger partial charge on any atom is 0.260 e. The number of aromatic nitrogens is 1. The number of nitrogens with zero attached hydrogens (tertiary/aromatic N) is 1. The van der Waals surface area contributed by atoms with Gasteiger partial charge in [0.1, 0.15) is 4.48 Å². The van der Waals surface area contributed by atoms with Crippen LogP contribution in [0.15, 0.2) is 34.7 Å². The molecule has 174 valence electrons. The number of thiocarbonyl (C=S) groups is 1. The Balaban J connectivity index is 0.000000439. The maximum atomic E-state index is 11.0. The third-order valence-corrected chi connectivity index (χ3v) is 6.37. The molecule has 0 bridgehead atoms. The number of halogens is 1. The highest BCUT2D eigenvalue weighted by molar-refractivity contribution is 9.12. The Labute approximate surface area is 201 Å². The third kappa shape index (κ3) is 12.7. The normalized spacial score (nSPS) is 19.9. The van der Waals surface area contributed by atoms with Crippen LogP contribution in [-0.4, -0.2) is 36.1 Å². The van der Waals surface area contributed by atoms with Gasteiger partial charge in [-0.2, -0.15) is 0 Å². The number of amides is 1. The third-order valence-electron chi connectivity index (χ3n) is 5.39. The van der Waals surface area contributed by atoms with Crippen molar-refractivity contribution in [3.05, 3.63) is 40.3 Å². The molecule has 1 amide bonds. The van der Waals surface area contributed by atoms with Gasteiger partial charge in [0.05, 0.1) is 5.70 Å². The van der Waals surface area contributed by atoms with E-state index in [4.69, 9.17) is 11.1 Å². The molecule has 8 heteroatoms. The number of carbonyl (C=O) groups excluding carboxylic acids is 1. The molecular weight excluding hydrogens is 474 g/mol. The molecule has 2 unspecified atom stereocenters. The van der Waals surface area contributed by atoms with Crippen LogP contribution in [0.5, 0.6) is 0 Å². The zero-order valence-electron chi connectivity index (χ0n) is 19.4. The number of rotatable bonds is 6. The summed E-state index contributed by atoms with van der Waals surface area (Å²) in [6.45, 7) is 10.8. The molecule has 0 aliphatic heterocycles. The second-order valence-corrected chi connectivity index (χ2v) is 9.58. The molecule has 0 spiro atoms. The van der Waals surface area contributed by atoms with Gasteiger partial charge >= 0.3 is 0 Å². The number of pyridine rings is 1. The Kier molecular flexibility index (Phi) is 15.2. The van der Waals surface area contributed by atoms with Crippen molar-refractivity contribution in [2.45, 2.75) is 53.5 Å². The van der Waals surface area contributed by atoms with Crippen LogP contribution in [-0.2, 0) is 11.3 Å². The monoisotopic (exact) mass is 511 g/mol. The summed E-state index contributed by atoms with van der Waals surface area (Å²) in [5.41, 5.74) is 7.24. The van der Waals surface area contributed by atoms with Gasteiger partial charge in [-0.3, -0.25) is 9.78 Å². The van der Waals surface area contributed by atoms with Crippen molar-refractivity contribution in [1.29, 1.82) is 5.41 Å². The van der Waals surface area contributed by atoms with Crippen molar-refractivity contribution < 1.29 is 4.79 Å². The molecule has 1 aromatic rings. The Morgan fingerprint density at radius 3 is 2.42 bits per heavy atom. The number of nitrogens with one attached hydrogen (secondary N) is 3. The Morgan fingerprint density at radius 2 is 1.97 bits per heavy atom. The SMILES string of the molecule is CC1CCC(C)C(C)(C)C1.CNCc1ccncc1.N=C/C(N)=C(/Br)C(=O)NCC=S. The average Bonchev–Trinajstić information content (AvgIpc) is 2.75. The molecule has 2 atom stereocenters. The Bertz CT molecular complexity index is 709. The standard InChI is InChI=1S/C10H20.C7H10N2.C6H8BrN3OS/c1-8-5-6-9(2)10(3,4)7-8;1-8-6-7-2-4-9-5-3-7;7-5(4(9)3-8)6(11)10-1-2-12/h8-9H,5-7H2,1-4H3;2-5,8H,6H2,1H3;2-3,8H,1,9H2,(H,10,11)/b;;5-4-,8-3?. The summed E-state index contributed by atoms with van der Waals surface area (Å²) in [6, 6.07) is 3.99. The first-order valence-corrected chi connectivity index (χ1v) is 11.8. The number of hydrogen-bond donors (Lipinski definition) is 4. The van der Waals surface area contributed by atoms with Crippen LogP contribution in [0, 0.1) is 22.7 Å². The summed E-state index contributed by atoms with van der Waals surface area (Å²) in [4.78, 5) is 14.9. The van der Waals surface area contributed by atoms with E-state index in [1.807, 2.05) is 19.2 Å². The zero-order valence-corrected chi connectivity index (χ0v) is 21.8. The van der Waals surface area contributed by atoms with Crippen molar-refractivity contribution in [2.24, 2.45) is 23.0 Å². The van der Waals surface area contributed by atoms with Crippen LogP contribution in [0.4, 0.5) is 0 Å². The average molecular weight is 513 g/mol. The van der Waals surface area contributed by atoms with E-state index < -0.39 is 0 Å². The van der Waals surface area contributed by atoms with E-state index in [0.29, 0.717) is 12.0 Å². The van der Waals surface area contributed by atoms with Gasteiger partial charge in [0.2, 0.25) is 0 Å². The van der Waals surface area contributed by atoms with E-state index in [-0.39, 0.29) is 16.1 Å². The van der Waals surface area contributed by atoms with Crippen LogP contribution >= 0.6 is 28.1 Å². The molecule has 0 radical (unpaired) electrons. The van der Waals surface area contributed by atoms with Gasteiger partial charge in [-0.1, -0.05) is 46.3 Å². The molecule has 1 heterocycles. The molecular formula is C23H38BrN5OS. The first kappa shape index (κ1) is 29.4. The fraction of sp³-hybridized carbons (Fsp3) is 0.565. The topological polar surface area (TPSA) is 104 Å². The second kappa shape index (κ2) is 16.1. The van der Waals surface area contributed by atoms with Gasteiger partial charge in [0.25, 0.3) is 5.91 Å². The quantitative estimate of drug-likeness (QED) is 0.254. The van der Waals surface area contributed by atoms with E-state index in [1.165, 1.54) is 30.2 Å². The zero-order chi connectivity index (χ0) is 23.9. The number of hydrogen-bond acceptors (Lipinski definition) is 6. The lowest BCUT2D eigenvalue weighted by Crippen LogP contribution is -2.29. The van der Waals surface area contributed by atoms with Crippen LogP contribution in [0.3, 0.4) is 0 Å². The van der Waals surface area contributed by atoms with E-state index in [9.17, 15) is 4.79 Å². The van der Waals surface area contributed by atoms with E-state index in [2.05, 4.69) is 71.5 Å². The van der Waals surface area contributed by atoms with Crippen molar-refractivity contribution in [2.75, 3.05) is 13.6 Å². The predicted molar refractivity (Wildman–Crippen MR) is 139 cm³/mol. The highest BCUT2D eigenvalue weighted by atomic mass is 79.9. The molecule has 31 heavy (non-hydrogen) atoms. The van der Waals surface area contributed by atoms with Crippen LogP contribution in [0.2, 0.25) is 0 Å². The number of carbonyl (C=O) groups is 1. The van der Waals surface area contributed by atoms with Crippen LogP contribution in [0.25, 0.3) is 0 Å². The molecule has 1 aliphatic rings. The van der Waals surface area contributed by atoms with E-state index in [1.54, 1.807) is 12.4 Å². The first-order valence-electron chi connectivity index (χ1n) is 10.5. The van der Waals surface area contributed by atoms with Crippen molar-refractivity contribution in [3.8, 4) is 0 Å². The molecule has 1 saturated carbocycles. The minimum absolute atomic E-state index is 0.0804. The summed E-state index contributed by atoms with van der Waals surface area (Å²) in [5.74, 6) is 1.52. The number of nitrogens with two attached hydrogens (primary N) is 1. The molecule has 0 saturated heterocycles. The highest BCUT2D eigenvalue weighted by Crippen LogP contribution is 2.42. The van der Waals surface area contributed by atoms with Crippen molar-refractivity contribution in [1.82, 2.24) is 15.6 Å². The highest BCUT2D eigenvalue weighted by Gasteiger charge is 2.31. The van der Waals surface area contributed by atoms with Crippen LogP contribution < -0.4 is 16.4 Å². The minimum atomic E-state index is -0.378. The lowest BCUT2D eigenvalue weighted by atomic mass is 9.66. The van der Waals surface area contributed by atoms with E-state index >= 15 is 0 Å². The summed E-state index contributed by atoms with van der Waals surface area (Å²) in [5, 5.41) is 13.7. The van der Waals surface area contributed by atoms with Gasteiger partial charge in [0.15, 0.2) is 0 Å². The molecule has 6 nitrogen and oxygen atoms in total. The predicted octanol–water partition coefficient (Wildman–Crippen LogP) is 4.59. The smallest absolute Gasteiger partial charge is 0.260 e. The summed E-state index contributed by atoms with van der Waals surface area (Å²) >= 11 is 7.45. The number of allylic oxidation sites excluding steroid dienone is 1. The maximum absolute atomic E-state index is 11.0. The second-order valence-electron chi connectivity index (χ2n) is 8.45. The molecule has 1 aliphatic carbocycles. The lowest BCUT2D eigenvalue weighted by Gasteiger charge is -2.39.